The normalized spacial score (nSPS) is 27.1. The molecule has 6 N–H and O–H groups in total. The van der Waals surface area contributed by atoms with Crippen molar-refractivity contribution in [2.75, 3.05) is 59.2 Å². The first-order chi connectivity index (χ1) is 34.5. The average Bonchev–Trinajstić information content (AvgIpc) is 3.98. The lowest BCUT2D eigenvalue weighted by Gasteiger charge is -2.65. The van der Waals surface area contributed by atoms with Gasteiger partial charge >= 0.3 is 0 Å². The van der Waals surface area contributed by atoms with E-state index >= 15 is 0 Å². The number of hydrogen-bond donors (Lipinski definition) is 6. The maximum absolute atomic E-state index is 13.3. The minimum Gasteiger partial charge on any atom is -0.502 e. The number of nitrogens with zero attached hydrogens (tertiary/aromatic N) is 1. The molecular formula is C57H63N3O11. The first-order valence-corrected chi connectivity index (χ1v) is 25.6. The Labute approximate surface area is 413 Å². The Morgan fingerprint density at radius 1 is 0.901 bits per heavy atom. The van der Waals surface area contributed by atoms with Crippen molar-refractivity contribution in [3.63, 3.8) is 0 Å². The third-order valence-corrected chi connectivity index (χ3v) is 18.1. The Balaban J connectivity index is 0.902. The monoisotopic (exact) mass is 965 g/mol. The van der Waals surface area contributed by atoms with Crippen molar-refractivity contribution >= 4 is 23.6 Å². The van der Waals surface area contributed by atoms with Crippen molar-refractivity contribution in [1.29, 1.82) is 0 Å². The summed E-state index contributed by atoms with van der Waals surface area (Å²) in [6.45, 7) is 3.24. The van der Waals surface area contributed by atoms with E-state index in [0.717, 1.165) is 72.8 Å². The molecule has 2 fully saturated rings. The van der Waals surface area contributed by atoms with Crippen LogP contribution in [0.3, 0.4) is 0 Å². The van der Waals surface area contributed by atoms with E-state index < -0.39 is 29.6 Å². The third-order valence-electron chi connectivity index (χ3n) is 18.1. The molecule has 0 bridgehead atoms. The van der Waals surface area contributed by atoms with E-state index in [1.54, 1.807) is 19.2 Å². The number of anilines is 1. The predicted octanol–water partition coefficient (Wildman–Crippen LogP) is 7.38. The van der Waals surface area contributed by atoms with Crippen molar-refractivity contribution in [2.45, 2.75) is 88.4 Å². The number of aliphatic hydroxyl groups is 3. The number of carbonyl (C=O) groups excluding carboxylic acids is 2. The number of carbonyl (C=O) groups is 2. The van der Waals surface area contributed by atoms with Gasteiger partial charge in [0.25, 0.3) is 11.8 Å². The minimum atomic E-state index is -1.06. The number of ether oxygens (including phenoxy) is 5. The molecule has 3 aliphatic heterocycles. The number of rotatable bonds is 14. The van der Waals surface area contributed by atoms with Crippen LogP contribution in [-0.4, -0.2) is 91.0 Å². The molecule has 12 rings (SSSR count). The second kappa shape index (κ2) is 17.6. The first kappa shape index (κ1) is 46.0. The van der Waals surface area contributed by atoms with Crippen molar-refractivity contribution < 1.29 is 53.7 Å². The van der Waals surface area contributed by atoms with E-state index in [2.05, 4.69) is 41.0 Å². The Morgan fingerprint density at radius 3 is 2.44 bits per heavy atom. The number of aryl methyl sites for hydroxylation is 1. The standard InChI is InChI=1S/C57H63N3O11/c1-4-58-29-71-43-23-41(67-2)35-13-14-36-48-40(59-55(66)51(43)50(35)48)22-42-49(36)53(64)37(28-70-42)32-20-44(68-3)54(65)45(21-32)69-27-34(26-61)57-33-12-10-30-8-7-9-31(52(30)57)11-15-38(57)39(56(24-33)18-5-6-19-56)25-60-46(62)16-17-47(60)63/h7-9,11,15-17,20-23,33-34,37-39,53,55,58-59,61,64-66H,4-6,10,12-14,18-19,24-29H2,1-3H3. The third kappa shape index (κ3) is 6.87. The number of hydrogen-bond acceptors (Lipinski definition) is 13. The van der Waals surface area contributed by atoms with Crippen LogP contribution in [-0.2, 0) is 34.3 Å². The van der Waals surface area contributed by atoms with E-state index in [1.165, 1.54) is 35.3 Å². The summed E-state index contributed by atoms with van der Waals surface area (Å²) in [5.41, 5.74) is 9.15. The number of phenolic OH excluding ortho intramolecular Hbond substituents is 1. The number of fused-ring (bicyclic) bond motifs is 2. The van der Waals surface area contributed by atoms with Gasteiger partial charge in [-0.25, -0.2) is 0 Å². The van der Waals surface area contributed by atoms with Crippen molar-refractivity contribution in [1.82, 2.24) is 10.2 Å². The van der Waals surface area contributed by atoms with Crippen LogP contribution in [0.1, 0.15) is 108 Å². The number of methoxy groups -OCH3 is 2. The Morgan fingerprint density at radius 2 is 1.68 bits per heavy atom. The molecule has 5 aliphatic carbocycles. The highest BCUT2D eigenvalue weighted by atomic mass is 16.5. The zero-order chi connectivity index (χ0) is 48.9. The van der Waals surface area contributed by atoms with Gasteiger partial charge in [0.15, 0.2) is 17.7 Å². The fraction of sp³-hybridized carbons (Fsp3) is 0.474. The molecule has 0 saturated heterocycles. The van der Waals surface area contributed by atoms with E-state index in [0.29, 0.717) is 65.6 Å². The lowest BCUT2D eigenvalue weighted by atomic mass is 9.39. The SMILES string of the molecule is CCNCOc1cc(OC)c2c3c1C(O)Nc1cc4c(c(c1-3)CC2)C(O)C(c1cc(OC)c(O)c(OCC(CO)C23c5c6cccc5CCC2CC2(CCCC2)C(CN2C(=O)C=CC2=O)C3C=C6)c1)CO4. The molecule has 372 valence electrons. The van der Waals surface area contributed by atoms with E-state index in [9.17, 15) is 30.0 Å². The van der Waals surface area contributed by atoms with Crippen LogP contribution in [0.15, 0.2) is 60.7 Å². The number of aliphatic hydroxyl groups excluding tert-OH is 3. The van der Waals surface area contributed by atoms with Gasteiger partial charge in [-0.05, 0) is 115 Å². The predicted molar refractivity (Wildman–Crippen MR) is 265 cm³/mol. The molecule has 4 aromatic carbocycles. The van der Waals surface area contributed by atoms with Gasteiger partial charge in [0.1, 0.15) is 24.0 Å². The van der Waals surface area contributed by atoms with Gasteiger partial charge in [0.2, 0.25) is 5.75 Å². The van der Waals surface area contributed by atoms with Crippen LogP contribution >= 0.6 is 0 Å². The second-order valence-electron chi connectivity index (χ2n) is 21.0. The smallest absolute Gasteiger partial charge is 0.253 e. The molecule has 1 spiro atoms. The van der Waals surface area contributed by atoms with Gasteiger partial charge in [0.05, 0.1) is 45.7 Å². The summed E-state index contributed by atoms with van der Waals surface area (Å²) < 4.78 is 31.3. The summed E-state index contributed by atoms with van der Waals surface area (Å²) in [4.78, 5) is 28.0. The molecule has 8 atom stereocenters. The maximum Gasteiger partial charge on any atom is 0.253 e. The van der Waals surface area contributed by atoms with Crippen LogP contribution in [0.2, 0.25) is 0 Å². The lowest BCUT2D eigenvalue weighted by Crippen LogP contribution is -2.64. The highest BCUT2D eigenvalue weighted by molar-refractivity contribution is 6.12. The number of benzene rings is 4. The van der Waals surface area contributed by atoms with Gasteiger partial charge < -0.3 is 49.4 Å². The van der Waals surface area contributed by atoms with Crippen molar-refractivity contribution in [3.05, 3.63) is 105 Å². The van der Waals surface area contributed by atoms with Gasteiger partial charge in [-0.15, -0.1) is 0 Å². The largest absolute Gasteiger partial charge is 0.502 e. The zero-order valence-electron chi connectivity index (χ0n) is 40.6. The summed E-state index contributed by atoms with van der Waals surface area (Å²) in [7, 11) is 3.12. The highest BCUT2D eigenvalue weighted by Gasteiger charge is 2.65. The van der Waals surface area contributed by atoms with Crippen LogP contribution in [0.4, 0.5) is 5.69 Å². The molecule has 2 saturated carbocycles. The summed E-state index contributed by atoms with van der Waals surface area (Å²) in [5.74, 6) is 0.305. The Bertz CT molecular complexity index is 2890. The van der Waals surface area contributed by atoms with E-state index in [1.807, 2.05) is 19.1 Å². The molecule has 3 heterocycles. The summed E-state index contributed by atoms with van der Waals surface area (Å²) in [6, 6.07) is 13.7. The topological polar surface area (TPSA) is 189 Å². The first-order valence-electron chi connectivity index (χ1n) is 25.6. The fourth-order valence-electron chi connectivity index (χ4n) is 15.1. The summed E-state index contributed by atoms with van der Waals surface area (Å²) in [5, 5.41) is 54.4. The van der Waals surface area contributed by atoms with Gasteiger partial charge in [-0.1, -0.05) is 50.1 Å². The van der Waals surface area contributed by atoms with Crippen LogP contribution in [0.25, 0.3) is 17.2 Å². The van der Waals surface area contributed by atoms with Crippen LogP contribution in [0.5, 0.6) is 34.5 Å². The molecule has 14 nitrogen and oxygen atoms in total. The molecule has 71 heavy (non-hydrogen) atoms. The lowest BCUT2D eigenvalue weighted by molar-refractivity contribution is -0.143. The van der Waals surface area contributed by atoms with Crippen molar-refractivity contribution in [3.8, 4) is 45.6 Å². The van der Waals surface area contributed by atoms with E-state index in [-0.39, 0.29) is 78.8 Å². The maximum atomic E-state index is 13.3. The number of allylic oxidation sites excluding steroid dienone is 1. The number of amides is 2. The van der Waals surface area contributed by atoms with Crippen LogP contribution in [0, 0.1) is 29.1 Å². The fourth-order valence-corrected chi connectivity index (χ4v) is 15.1. The highest BCUT2D eigenvalue weighted by Crippen LogP contribution is 2.69. The number of aromatic hydroxyl groups is 1. The number of nitrogens with one attached hydrogen (secondary N) is 2. The molecule has 4 aromatic rings. The number of phenols is 1. The molecule has 0 aromatic heterocycles. The van der Waals surface area contributed by atoms with E-state index in [4.69, 9.17) is 23.7 Å². The summed E-state index contributed by atoms with van der Waals surface area (Å²) >= 11 is 0. The Hall–Kier alpha value is -6.06. The zero-order valence-corrected chi connectivity index (χ0v) is 40.6. The molecule has 2 amide bonds. The molecule has 8 unspecified atom stereocenters. The Kier molecular flexibility index (Phi) is 11.4. The molecular weight excluding hydrogens is 903 g/mol. The molecule has 14 heteroatoms. The van der Waals surface area contributed by atoms with Crippen molar-refractivity contribution in [2.24, 2.45) is 29.1 Å². The number of imide groups is 1. The van der Waals surface area contributed by atoms with Gasteiger partial charge in [-0.3, -0.25) is 19.8 Å². The summed E-state index contributed by atoms with van der Waals surface area (Å²) in [6.07, 6.45) is 13.5. The molecule has 8 aliphatic rings. The van der Waals surface area contributed by atoms with Gasteiger partial charge in [0, 0.05) is 76.0 Å². The minimum absolute atomic E-state index is 0.0385. The second-order valence-corrected chi connectivity index (χ2v) is 21.0. The van der Waals surface area contributed by atoms with Gasteiger partial charge in [-0.2, -0.15) is 0 Å². The van der Waals surface area contributed by atoms with Crippen LogP contribution < -0.4 is 34.3 Å². The average molecular weight is 966 g/mol. The quantitative estimate of drug-likeness (QED) is 0.0418. The molecule has 0 radical (unpaired) electrons.